The summed E-state index contributed by atoms with van der Waals surface area (Å²) in [6.45, 7) is 1.90. The Labute approximate surface area is 111 Å². The molecule has 94 valence electrons. The number of rotatable bonds is 2. The summed E-state index contributed by atoms with van der Waals surface area (Å²) in [4.78, 5) is 11.8. The molecule has 1 atom stereocenters. The lowest BCUT2D eigenvalue weighted by Crippen LogP contribution is -2.45. The topological polar surface area (TPSA) is 50.4 Å². The first kappa shape index (κ1) is 14.3. The Balaban J connectivity index is 0.00000144. The van der Waals surface area contributed by atoms with Crippen molar-refractivity contribution in [3.05, 3.63) is 29.3 Å². The van der Waals surface area contributed by atoms with Gasteiger partial charge < -0.3 is 15.4 Å². The molecule has 1 aliphatic rings. The number of benzene rings is 1. The van der Waals surface area contributed by atoms with Gasteiger partial charge in [0.15, 0.2) is 0 Å². The molecule has 1 fully saturated rings. The fourth-order valence-electron chi connectivity index (χ4n) is 1.52. The Kier molecular flexibility index (Phi) is 5.71. The third kappa shape index (κ3) is 4.16. The highest BCUT2D eigenvalue weighted by Gasteiger charge is 2.21. The first-order chi connectivity index (χ1) is 7.75. The summed E-state index contributed by atoms with van der Waals surface area (Å²) in [6.07, 6.45) is -0.423. The van der Waals surface area contributed by atoms with Crippen LogP contribution in [0.4, 0.5) is 5.69 Å². The van der Waals surface area contributed by atoms with Crippen LogP contribution in [0.5, 0.6) is 0 Å². The van der Waals surface area contributed by atoms with Crippen molar-refractivity contribution in [3.63, 3.8) is 0 Å². The Hall–Kier alpha value is -0.810. The second kappa shape index (κ2) is 6.81. The third-order valence-corrected chi connectivity index (χ3v) is 2.55. The highest BCUT2D eigenvalue weighted by Crippen LogP contribution is 2.15. The largest absolute Gasteiger partial charge is 0.366 e. The van der Waals surface area contributed by atoms with Gasteiger partial charge in [0.05, 0.1) is 6.61 Å². The van der Waals surface area contributed by atoms with Gasteiger partial charge in [-0.3, -0.25) is 4.79 Å². The Morgan fingerprint density at radius 2 is 2.35 bits per heavy atom. The van der Waals surface area contributed by atoms with Crippen molar-refractivity contribution in [2.24, 2.45) is 0 Å². The lowest BCUT2D eigenvalue weighted by Gasteiger charge is -2.22. The molecule has 2 N–H and O–H groups in total. The second-order valence-corrected chi connectivity index (χ2v) is 4.00. The van der Waals surface area contributed by atoms with Gasteiger partial charge in [0.1, 0.15) is 6.10 Å². The minimum atomic E-state index is -0.423. The number of carbonyl (C=O) groups excluding carboxylic acids is 1. The van der Waals surface area contributed by atoms with Gasteiger partial charge in [-0.25, -0.2) is 0 Å². The van der Waals surface area contributed by atoms with Crippen LogP contribution < -0.4 is 10.6 Å². The summed E-state index contributed by atoms with van der Waals surface area (Å²) in [5.74, 6) is -0.144. The van der Waals surface area contributed by atoms with Crippen LogP contribution in [0.3, 0.4) is 0 Å². The van der Waals surface area contributed by atoms with Crippen LogP contribution in [0.25, 0.3) is 0 Å². The van der Waals surface area contributed by atoms with E-state index in [9.17, 15) is 4.79 Å². The van der Waals surface area contributed by atoms with Crippen LogP contribution in [-0.4, -0.2) is 31.7 Å². The third-order valence-electron chi connectivity index (χ3n) is 2.31. The first-order valence-electron chi connectivity index (χ1n) is 5.14. The summed E-state index contributed by atoms with van der Waals surface area (Å²) in [7, 11) is 0. The van der Waals surface area contributed by atoms with Crippen molar-refractivity contribution < 1.29 is 9.53 Å². The van der Waals surface area contributed by atoms with E-state index >= 15 is 0 Å². The number of hydrogen-bond donors (Lipinski definition) is 2. The Morgan fingerprint density at radius 3 is 3.00 bits per heavy atom. The summed E-state index contributed by atoms with van der Waals surface area (Å²) in [5.41, 5.74) is 0.687. The normalized spacial score (nSPS) is 19.2. The Morgan fingerprint density at radius 1 is 1.53 bits per heavy atom. The number of carbonyl (C=O) groups is 1. The molecular weight excluding hydrogens is 263 g/mol. The van der Waals surface area contributed by atoms with E-state index in [1.807, 2.05) is 0 Å². The zero-order valence-electron chi connectivity index (χ0n) is 9.11. The molecular formula is C11H14Cl2N2O2. The van der Waals surface area contributed by atoms with Crippen molar-refractivity contribution in [3.8, 4) is 0 Å². The number of morpholine rings is 1. The van der Waals surface area contributed by atoms with Crippen LogP contribution in [0.2, 0.25) is 5.02 Å². The number of ether oxygens (including phenoxy) is 1. The summed E-state index contributed by atoms with van der Waals surface area (Å²) in [6, 6.07) is 7.05. The fraction of sp³-hybridized carbons (Fsp3) is 0.364. The maximum absolute atomic E-state index is 11.8. The molecule has 6 heteroatoms. The van der Waals surface area contributed by atoms with E-state index in [2.05, 4.69) is 10.6 Å². The van der Waals surface area contributed by atoms with Crippen LogP contribution in [0.1, 0.15) is 0 Å². The fourth-order valence-corrected chi connectivity index (χ4v) is 1.71. The molecule has 17 heavy (non-hydrogen) atoms. The van der Waals surface area contributed by atoms with E-state index in [1.165, 1.54) is 0 Å². The molecule has 4 nitrogen and oxygen atoms in total. The van der Waals surface area contributed by atoms with Gasteiger partial charge >= 0.3 is 0 Å². The van der Waals surface area contributed by atoms with Crippen LogP contribution in [-0.2, 0) is 9.53 Å². The standard InChI is InChI=1S/C11H13ClN2O2.ClH/c12-8-2-1-3-9(6-8)14-11(15)10-7-13-4-5-16-10;/h1-3,6,10,13H,4-5,7H2,(H,14,15);1H. The minimum Gasteiger partial charge on any atom is -0.366 e. The van der Waals surface area contributed by atoms with E-state index in [1.54, 1.807) is 24.3 Å². The van der Waals surface area contributed by atoms with E-state index in [0.717, 1.165) is 6.54 Å². The smallest absolute Gasteiger partial charge is 0.254 e. The SMILES string of the molecule is Cl.O=C(Nc1cccc(Cl)c1)C1CNCCO1. The monoisotopic (exact) mass is 276 g/mol. The van der Waals surface area contributed by atoms with Crippen molar-refractivity contribution in [2.75, 3.05) is 25.0 Å². The predicted octanol–water partition coefficient (Wildman–Crippen LogP) is 1.69. The van der Waals surface area contributed by atoms with Gasteiger partial charge in [-0.2, -0.15) is 0 Å². The number of anilines is 1. The van der Waals surface area contributed by atoms with Crippen molar-refractivity contribution in [1.29, 1.82) is 0 Å². The molecule has 1 aromatic carbocycles. The highest BCUT2D eigenvalue weighted by molar-refractivity contribution is 6.30. The van der Waals surface area contributed by atoms with Crippen LogP contribution in [0, 0.1) is 0 Å². The van der Waals surface area contributed by atoms with E-state index in [-0.39, 0.29) is 18.3 Å². The van der Waals surface area contributed by atoms with Crippen LogP contribution >= 0.6 is 24.0 Å². The first-order valence-corrected chi connectivity index (χ1v) is 5.52. The van der Waals surface area contributed by atoms with E-state index in [0.29, 0.717) is 23.9 Å². The minimum absolute atomic E-state index is 0. The molecule has 0 aromatic heterocycles. The number of nitrogens with one attached hydrogen (secondary N) is 2. The van der Waals surface area contributed by atoms with Gasteiger partial charge in [0.2, 0.25) is 0 Å². The van der Waals surface area contributed by atoms with E-state index < -0.39 is 6.10 Å². The zero-order chi connectivity index (χ0) is 11.4. The summed E-state index contributed by atoms with van der Waals surface area (Å²) in [5, 5.41) is 6.46. The average molecular weight is 277 g/mol. The number of hydrogen-bond acceptors (Lipinski definition) is 3. The molecule has 0 bridgehead atoms. The summed E-state index contributed by atoms with van der Waals surface area (Å²) >= 11 is 5.82. The molecule has 0 spiro atoms. The molecule has 1 saturated heterocycles. The summed E-state index contributed by atoms with van der Waals surface area (Å²) < 4.78 is 5.33. The van der Waals surface area contributed by atoms with Crippen LogP contribution in [0.15, 0.2) is 24.3 Å². The molecule has 1 unspecified atom stereocenters. The molecule has 2 rings (SSSR count). The predicted molar refractivity (Wildman–Crippen MR) is 69.9 cm³/mol. The zero-order valence-corrected chi connectivity index (χ0v) is 10.7. The van der Waals surface area contributed by atoms with Crippen molar-refractivity contribution >= 4 is 35.6 Å². The maximum atomic E-state index is 11.8. The van der Waals surface area contributed by atoms with Gasteiger partial charge in [-0.05, 0) is 18.2 Å². The molecule has 1 aliphatic heterocycles. The lowest BCUT2D eigenvalue weighted by atomic mass is 10.2. The van der Waals surface area contributed by atoms with Crippen molar-refractivity contribution in [2.45, 2.75) is 6.10 Å². The molecule has 0 radical (unpaired) electrons. The maximum Gasteiger partial charge on any atom is 0.254 e. The van der Waals surface area contributed by atoms with Gasteiger partial charge in [-0.15, -0.1) is 12.4 Å². The average Bonchev–Trinajstić information content (AvgIpc) is 2.30. The molecule has 1 amide bonds. The van der Waals surface area contributed by atoms with Crippen molar-refractivity contribution in [1.82, 2.24) is 5.32 Å². The number of halogens is 2. The lowest BCUT2D eigenvalue weighted by molar-refractivity contribution is -0.128. The van der Waals surface area contributed by atoms with Gasteiger partial charge in [-0.1, -0.05) is 17.7 Å². The van der Waals surface area contributed by atoms with Gasteiger partial charge in [0.25, 0.3) is 5.91 Å². The second-order valence-electron chi connectivity index (χ2n) is 3.56. The Bertz CT molecular complexity index is 381. The highest BCUT2D eigenvalue weighted by atomic mass is 35.5. The van der Waals surface area contributed by atoms with E-state index in [4.69, 9.17) is 16.3 Å². The van der Waals surface area contributed by atoms with Gasteiger partial charge in [0, 0.05) is 23.8 Å². The molecule has 0 aliphatic carbocycles. The quantitative estimate of drug-likeness (QED) is 0.865. The molecule has 1 aromatic rings. The molecule has 0 saturated carbocycles. The number of amides is 1. The molecule has 1 heterocycles.